The van der Waals surface area contributed by atoms with E-state index in [1.165, 1.54) is 10.4 Å². The van der Waals surface area contributed by atoms with Crippen molar-refractivity contribution in [2.45, 2.75) is 31.1 Å². The van der Waals surface area contributed by atoms with Crippen LogP contribution in [0.4, 0.5) is 5.69 Å². The van der Waals surface area contributed by atoms with Crippen LogP contribution in [-0.4, -0.2) is 37.4 Å². The van der Waals surface area contributed by atoms with E-state index in [-0.39, 0.29) is 10.6 Å². The zero-order valence-electron chi connectivity index (χ0n) is 13.4. The van der Waals surface area contributed by atoms with E-state index in [1.807, 2.05) is 0 Å². The molecule has 0 unspecified atom stereocenters. The number of hydrogen-bond acceptors (Lipinski definition) is 6. The first-order valence-electron chi connectivity index (χ1n) is 7.55. The van der Waals surface area contributed by atoms with E-state index in [0.29, 0.717) is 18.8 Å². The highest BCUT2D eigenvalue weighted by molar-refractivity contribution is 7.89. The number of hydrogen-bond donors (Lipinski definition) is 3. The Morgan fingerprint density at radius 1 is 1.38 bits per heavy atom. The Morgan fingerprint density at radius 3 is 2.62 bits per heavy atom. The van der Waals surface area contributed by atoms with Crippen LogP contribution in [0.5, 0.6) is 0 Å². The van der Waals surface area contributed by atoms with Gasteiger partial charge in [-0.05, 0) is 37.5 Å². The van der Waals surface area contributed by atoms with Crippen molar-refractivity contribution in [2.75, 3.05) is 18.5 Å². The lowest BCUT2D eigenvalue weighted by molar-refractivity contribution is 0.346. The summed E-state index contributed by atoms with van der Waals surface area (Å²) in [6, 6.07) is 6.42. The van der Waals surface area contributed by atoms with Crippen molar-refractivity contribution in [3.05, 3.63) is 23.8 Å². The van der Waals surface area contributed by atoms with Crippen molar-refractivity contribution in [3.63, 3.8) is 0 Å². The second-order valence-corrected chi connectivity index (χ2v) is 7.48. The molecule has 0 amide bonds. The maximum Gasteiger partial charge on any atom is 0.243 e. The number of piperidine rings is 1. The fourth-order valence-corrected chi connectivity index (χ4v) is 3.94. The molecule has 0 radical (unpaired) electrons. The third kappa shape index (κ3) is 3.90. The molecule has 2 rings (SSSR count). The summed E-state index contributed by atoms with van der Waals surface area (Å²) in [5.41, 5.74) is 8.80. The lowest BCUT2D eigenvalue weighted by atomic mass is 10.2. The zero-order valence-corrected chi connectivity index (χ0v) is 14.2. The van der Waals surface area contributed by atoms with Gasteiger partial charge in [0, 0.05) is 13.1 Å². The first-order valence-corrected chi connectivity index (χ1v) is 8.99. The van der Waals surface area contributed by atoms with Crippen LogP contribution in [0.2, 0.25) is 0 Å². The van der Waals surface area contributed by atoms with Crippen LogP contribution in [0.25, 0.3) is 0 Å². The summed E-state index contributed by atoms with van der Waals surface area (Å²) in [6.07, 6.45) is 2.78. The molecular weight excluding hydrogens is 328 g/mol. The second-order valence-electron chi connectivity index (χ2n) is 5.54. The second kappa shape index (κ2) is 7.42. The zero-order chi connectivity index (χ0) is 17.7. The minimum atomic E-state index is -3.55. The third-order valence-corrected chi connectivity index (χ3v) is 5.71. The molecule has 1 aromatic rings. The highest BCUT2D eigenvalue weighted by Crippen LogP contribution is 2.25. The number of aryl methyl sites for hydroxylation is 1. The molecule has 4 N–H and O–H groups in total. The molecule has 9 heteroatoms. The molecule has 24 heavy (non-hydrogen) atoms. The molecular formula is C15H20N6O2S. The fraction of sp³-hybridized carbons (Fsp3) is 0.400. The van der Waals surface area contributed by atoms with E-state index >= 15 is 0 Å². The molecule has 1 aliphatic rings. The summed E-state index contributed by atoms with van der Waals surface area (Å²) in [5, 5.41) is 19.8. The van der Waals surface area contributed by atoms with Crippen molar-refractivity contribution < 1.29 is 8.42 Å². The topological polar surface area (TPSA) is 135 Å². The van der Waals surface area contributed by atoms with E-state index in [1.54, 1.807) is 25.1 Å². The molecule has 128 valence electrons. The van der Waals surface area contributed by atoms with Gasteiger partial charge in [-0.25, -0.2) is 8.42 Å². The van der Waals surface area contributed by atoms with Gasteiger partial charge in [-0.3, -0.25) is 10.8 Å². The molecule has 1 heterocycles. The number of amidine groups is 1. The number of nitrogens with zero attached hydrogens (tertiary/aromatic N) is 3. The standard InChI is InChI=1S/C15H20N6O2S/c1-11-5-6-12(24(22,23)21-7-3-2-4-8-21)9-13(11)19-20-14(10-16)15(17)18/h5-6,9,19H,2-4,7-8H2,1H3,(H3,17,18)/b20-14+. The maximum atomic E-state index is 12.7. The van der Waals surface area contributed by atoms with Crippen LogP contribution in [-0.2, 0) is 10.0 Å². The number of nitrogens with one attached hydrogen (secondary N) is 2. The van der Waals surface area contributed by atoms with Gasteiger partial charge in [0.05, 0.1) is 10.6 Å². The highest BCUT2D eigenvalue weighted by atomic mass is 32.2. The molecule has 0 spiro atoms. The first kappa shape index (κ1) is 17.9. The molecule has 0 bridgehead atoms. The average Bonchev–Trinajstić information content (AvgIpc) is 2.57. The Labute approximate surface area is 141 Å². The summed E-state index contributed by atoms with van der Waals surface area (Å²) in [5.74, 6) is -0.459. The van der Waals surface area contributed by atoms with Gasteiger partial charge in [0.1, 0.15) is 6.07 Å². The number of hydrazone groups is 1. The Kier molecular flexibility index (Phi) is 5.54. The third-order valence-electron chi connectivity index (χ3n) is 3.81. The number of rotatable bonds is 5. The normalized spacial score (nSPS) is 16.4. The average molecular weight is 348 g/mol. The predicted molar refractivity (Wildman–Crippen MR) is 92.4 cm³/mol. The van der Waals surface area contributed by atoms with E-state index in [0.717, 1.165) is 24.8 Å². The minimum absolute atomic E-state index is 0.175. The maximum absolute atomic E-state index is 12.7. The number of nitriles is 1. The van der Waals surface area contributed by atoms with Crippen LogP contribution in [0.1, 0.15) is 24.8 Å². The van der Waals surface area contributed by atoms with Gasteiger partial charge < -0.3 is 5.73 Å². The molecule has 0 aromatic heterocycles. The van der Waals surface area contributed by atoms with Gasteiger partial charge >= 0.3 is 0 Å². The summed E-state index contributed by atoms with van der Waals surface area (Å²) >= 11 is 0. The van der Waals surface area contributed by atoms with Crippen molar-refractivity contribution in [2.24, 2.45) is 10.8 Å². The molecule has 0 saturated carbocycles. The van der Waals surface area contributed by atoms with Crippen molar-refractivity contribution in [1.82, 2.24) is 4.31 Å². The number of anilines is 1. The molecule has 0 atom stereocenters. The van der Waals surface area contributed by atoms with E-state index in [4.69, 9.17) is 16.4 Å². The lowest BCUT2D eigenvalue weighted by Gasteiger charge is -2.26. The quantitative estimate of drug-likeness (QED) is 0.420. The van der Waals surface area contributed by atoms with Crippen molar-refractivity contribution >= 4 is 27.3 Å². The Hall–Kier alpha value is -2.44. The molecule has 8 nitrogen and oxygen atoms in total. The summed E-state index contributed by atoms with van der Waals surface area (Å²) < 4.78 is 26.9. The SMILES string of the molecule is Cc1ccc(S(=O)(=O)N2CCCCC2)cc1N/N=C(\C#N)C(=N)N. The van der Waals surface area contributed by atoms with Crippen LogP contribution in [0, 0.1) is 23.7 Å². The van der Waals surface area contributed by atoms with E-state index in [9.17, 15) is 8.42 Å². The Bertz CT molecular complexity index is 804. The molecule has 1 aromatic carbocycles. The predicted octanol–water partition coefficient (Wildman–Crippen LogP) is 1.40. The molecule has 1 saturated heterocycles. The van der Waals surface area contributed by atoms with Gasteiger partial charge in [0.25, 0.3) is 0 Å². The largest absolute Gasteiger partial charge is 0.382 e. The highest BCUT2D eigenvalue weighted by Gasteiger charge is 2.26. The monoisotopic (exact) mass is 348 g/mol. The van der Waals surface area contributed by atoms with Gasteiger partial charge in [-0.1, -0.05) is 12.5 Å². The van der Waals surface area contributed by atoms with Crippen LogP contribution in [0.3, 0.4) is 0 Å². The minimum Gasteiger partial charge on any atom is -0.382 e. The molecule has 1 fully saturated rings. The van der Waals surface area contributed by atoms with Crippen LogP contribution in [0.15, 0.2) is 28.2 Å². The Balaban J connectivity index is 2.31. The van der Waals surface area contributed by atoms with Crippen LogP contribution >= 0.6 is 0 Å². The summed E-state index contributed by atoms with van der Waals surface area (Å²) in [7, 11) is -3.55. The van der Waals surface area contributed by atoms with Gasteiger partial charge in [0.15, 0.2) is 5.84 Å². The molecule has 1 aliphatic heterocycles. The smallest absolute Gasteiger partial charge is 0.243 e. The van der Waals surface area contributed by atoms with E-state index < -0.39 is 15.9 Å². The number of benzene rings is 1. The number of nitrogens with two attached hydrogens (primary N) is 1. The summed E-state index contributed by atoms with van der Waals surface area (Å²) in [6.45, 7) is 2.84. The van der Waals surface area contributed by atoms with Crippen LogP contribution < -0.4 is 11.2 Å². The van der Waals surface area contributed by atoms with Gasteiger partial charge in [0.2, 0.25) is 15.7 Å². The van der Waals surface area contributed by atoms with Gasteiger partial charge in [-0.2, -0.15) is 14.7 Å². The number of sulfonamides is 1. The van der Waals surface area contributed by atoms with E-state index in [2.05, 4.69) is 10.5 Å². The first-order chi connectivity index (χ1) is 11.4. The fourth-order valence-electron chi connectivity index (χ4n) is 2.40. The van der Waals surface area contributed by atoms with Crippen molar-refractivity contribution in [1.29, 1.82) is 10.7 Å². The van der Waals surface area contributed by atoms with Crippen molar-refractivity contribution in [3.8, 4) is 6.07 Å². The Morgan fingerprint density at radius 2 is 2.04 bits per heavy atom. The molecule has 0 aliphatic carbocycles. The summed E-state index contributed by atoms with van der Waals surface area (Å²) in [4.78, 5) is 0.175. The van der Waals surface area contributed by atoms with Gasteiger partial charge in [-0.15, -0.1) is 0 Å². The lowest BCUT2D eigenvalue weighted by Crippen LogP contribution is -2.35.